The van der Waals surface area contributed by atoms with E-state index in [-0.39, 0.29) is 17.9 Å². The van der Waals surface area contributed by atoms with E-state index in [4.69, 9.17) is 11.6 Å². The molecule has 180 valence electrons. The third-order valence-corrected chi connectivity index (χ3v) is 6.75. The van der Waals surface area contributed by atoms with Crippen molar-refractivity contribution in [2.75, 3.05) is 49.2 Å². The van der Waals surface area contributed by atoms with Gasteiger partial charge in [-0.2, -0.15) is 4.98 Å². The minimum atomic E-state index is -0.590. The molecule has 0 bridgehead atoms. The molecule has 0 saturated carbocycles. The number of hydrogen-bond donors (Lipinski definition) is 2. The number of piperazine rings is 1. The normalized spacial score (nSPS) is 19.4. The molecule has 1 amide bonds. The van der Waals surface area contributed by atoms with Crippen LogP contribution in [0.1, 0.15) is 19.5 Å². The van der Waals surface area contributed by atoms with Gasteiger partial charge in [-0.15, -0.1) is 0 Å². The van der Waals surface area contributed by atoms with Crippen molar-refractivity contribution in [2.45, 2.75) is 25.4 Å². The van der Waals surface area contributed by atoms with Crippen LogP contribution in [0.3, 0.4) is 0 Å². The molecule has 3 aromatic heterocycles. The molecular formula is C23H28ClFN8O. The maximum absolute atomic E-state index is 13.1. The van der Waals surface area contributed by atoms with Gasteiger partial charge >= 0.3 is 0 Å². The highest BCUT2D eigenvalue weighted by Gasteiger charge is 2.38. The van der Waals surface area contributed by atoms with E-state index in [1.807, 2.05) is 52.4 Å². The summed E-state index contributed by atoms with van der Waals surface area (Å²) in [4.78, 5) is 30.4. The van der Waals surface area contributed by atoms with E-state index in [0.29, 0.717) is 49.5 Å². The van der Waals surface area contributed by atoms with Gasteiger partial charge in [0.2, 0.25) is 11.9 Å². The lowest BCUT2D eigenvalue weighted by Crippen LogP contribution is -2.57. The molecule has 0 spiro atoms. The van der Waals surface area contributed by atoms with Crippen LogP contribution in [0, 0.1) is 5.92 Å². The zero-order valence-corrected chi connectivity index (χ0v) is 20.0. The van der Waals surface area contributed by atoms with Crippen molar-refractivity contribution in [2.24, 2.45) is 5.92 Å². The molecule has 0 aromatic carbocycles. The molecule has 2 N–H and O–H groups in total. The first-order valence-electron chi connectivity index (χ1n) is 11.4. The van der Waals surface area contributed by atoms with Crippen molar-refractivity contribution in [1.29, 1.82) is 0 Å². The minimum absolute atomic E-state index is 0.0228. The molecule has 34 heavy (non-hydrogen) atoms. The van der Waals surface area contributed by atoms with Crippen LogP contribution in [0.2, 0.25) is 5.02 Å². The van der Waals surface area contributed by atoms with Crippen LogP contribution in [-0.2, 0) is 10.3 Å². The zero-order valence-electron chi connectivity index (χ0n) is 19.2. The Morgan fingerprint density at radius 2 is 2.06 bits per heavy atom. The van der Waals surface area contributed by atoms with Crippen molar-refractivity contribution >= 4 is 34.9 Å². The first-order chi connectivity index (χ1) is 16.4. The highest BCUT2D eigenvalue weighted by Crippen LogP contribution is 2.31. The number of aromatic nitrogens is 4. The molecule has 3 aromatic rings. The fourth-order valence-electron chi connectivity index (χ4n) is 4.52. The summed E-state index contributed by atoms with van der Waals surface area (Å²) in [7, 11) is 0. The third-order valence-electron chi connectivity index (χ3n) is 6.48. The van der Waals surface area contributed by atoms with Gasteiger partial charge in [0.25, 0.3) is 0 Å². The second-order valence-corrected chi connectivity index (χ2v) is 9.79. The Hall–Kier alpha value is -2.98. The van der Waals surface area contributed by atoms with Crippen molar-refractivity contribution < 1.29 is 9.18 Å². The fraction of sp³-hybridized carbons (Fsp3) is 0.478. The number of carbonyl (C=O) groups is 1. The van der Waals surface area contributed by atoms with Crippen LogP contribution in [0.25, 0.3) is 5.65 Å². The Balaban J connectivity index is 1.24. The van der Waals surface area contributed by atoms with Gasteiger partial charge in [0.05, 0.1) is 35.6 Å². The van der Waals surface area contributed by atoms with Gasteiger partial charge in [-0.05, 0) is 26.0 Å². The first-order valence-corrected chi connectivity index (χ1v) is 11.8. The quantitative estimate of drug-likeness (QED) is 0.550. The van der Waals surface area contributed by atoms with Crippen molar-refractivity contribution in [3.05, 3.63) is 47.5 Å². The van der Waals surface area contributed by atoms with Gasteiger partial charge in [0.1, 0.15) is 17.3 Å². The summed E-state index contributed by atoms with van der Waals surface area (Å²) >= 11 is 6.39. The van der Waals surface area contributed by atoms with Gasteiger partial charge in [-0.3, -0.25) is 4.79 Å². The number of amides is 1. The summed E-state index contributed by atoms with van der Waals surface area (Å²) in [6.07, 6.45) is 5.32. The third kappa shape index (κ3) is 4.27. The van der Waals surface area contributed by atoms with Crippen LogP contribution in [-0.4, -0.2) is 70.7 Å². The monoisotopic (exact) mass is 486 g/mol. The molecule has 5 heterocycles. The van der Waals surface area contributed by atoms with E-state index < -0.39 is 12.2 Å². The molecule has 5 rings (SSSR count). The Labute approximate surface area is 202 Å². The molecule has 11 heteroatoms. The smallest absolute Gasteiger partial charge is 0.227 e. The standard InChI is InChI=1S/C23H28ClFN8O/c1-23(2,18-11-27-19-5-3-4-7-33(18)19)30-21(34)15-12-32(13-15)20-17(24)10-28-22(29-20)31-8-6-26-16(9-25)14-31/h3-5,7,10-11,15-16,26H,6,8-9,12-14H2,1-2H3,(H,30,34). The predicted molar refractivity (Wildman–Crippen MR) is 129 cm³/mol. The van der Waals surface area contributed by atoms with Crippen LogP contribution < -0.4 is 20.4 Å². The summed E-state index contributed by atoms with van der Waals surface area (Å²) in [6.45, 7) is 6.41. The van der Waals surface area contributed by atoms with E-state index in [2.05, 4.69) is 25.6 Å². The van der Waals surface area contributed by atoms with Crippen molar-refractivity contribution in [1.82, 2.24) is 30.0 Å². The number of alkyl halides is 1. The van der Waals surface area contributed by atoms with Crippen molar-refractivity contribution in [3.8, 4) is 0 Å². The first kappa shape index (κ1) is 22.8. The molecular weight excluding hydrogens is 459 g/mol. The lowest BCUT2D eigenvalue weighted by Gasteiger charge is -2.41. The number of anilines is 2. The number of carbonyl (C=O) groups excluding carboxylic acids is 1. The van der Waals surface area contributed by atoms with Crippen molar-refractivity contribution in [3.63, 3.8) is 0 Å². The van der Waals surface area contributed by atoms with Gasteiger partial charge in [-0.25, -0.2) is 14.4 Å². The van der Waals surface area contributed by atoms with E-state index in [9.17, 15) is 9.18 Å². The number of hydrogen-bond acceptors (Lipinski definition) is 7. The maximum atomic E-state index is 13.1. The SMILES string of the molecule is CC(C)(NC(=O)C1CN(c2nc(N3CCNC(CF)C3)ncc2Cl)C1)c1cnc2ccccn12. The van der Waals surface area contributed by atoms with E-state index in [0.717, 1.165) is 11.3 Å². The van der Waals surface area contributed by atoms with Crippen LogP contribution in [0.4, 0.5) is 16.2 Å². The number of rotatable bonds is 6. The maximum Gasteiger partial charge on any atom is 0.227 e. The van der Waals surface area contributed by atoms with Gasteiger partial charge < -0.3 is 24.8 Å². The number of imidazole rings is 1. The average Bonchev–Trinajstić information content (AvgIpc) is 3.24. The van der Waals surface area contributed by atoms with Crippen LogP contribution in [0.15, 0.2) is 36.8 Å². The lowest BCUT2D eigenvalue weighted by molar-refractivity contribution is -0.127. The van der Waals surface area contributed by atoms with Gasteiger partial charge in [-0.1, -0.05) is 17.7 Å². The van der Waals surface area contributed by atoms with Gasteiger partial charge in [0.15, 0.2) is 5.82 Å². The molecule has 2 aliphatic rings. The van der Waals surface area contributed by atoms with Crippen LogP contribution in [0.5, 0.6) is 0 Å². The summed E-state index contributed by atoms with van der Waals surface area (Å²) in [5.74, 6) is 0.932. The van der Waals surface area contributed by atoms with Gasteiger partial charge in [0, 0.05) is 38.9 Å². The summed E-state index contributed by atoms with van der Waals surface area (Å²) in [5.41, 5.74) is 1.16. The molecule has 2 aliphatic heterocycles. The van der Waals surface area contributed by atoms with E-state index >= 15 is 0 Å². The minimum Gasteiger partial charge on any atom is -0.353 e. The Morgan fingerprint density at radius 3 is 2.85 bits per heavy atom. The second kappa shape index (κ2) is 8.99. The number of nitrogens with one attached hydrogen (secondary N) is 2. The Kier molecular flexibility index (Phi) is 6.03. The fourth-order valence-corrected chi connectivity index (χ4v) is 4.73. The number of fused-ring (bicyclic) bond motifs is 1. The molecule has 9 nitrogen and oxygen atoms in total. The summed E-state index contributed by atoms with van der Waals surface area (Å²) < 4.78 is 15.1. The second-order valence-electron chi connectivity index (χ2n) is 9.38. The largest absolute Gasteiger partial charge is 0.353 e. The summed E-state index contributed by atoms with van der Waals surface area (Å²) in [5, 5.41) is 6.74. The van der Waals surface area contributed by atoms with Crippen LogP contribution >= 0.6 is 11.6 Å². The van der Waals surface area contributed by atoms with E-state index in [1.54, 1.807) is 12.4 Å². The molecule has 1 unspecified atom stereocenters. The molecule has 0 aliphatic carbocycles. The number of pyridine rings is 1. The lowest BCUT2D eigenvalue weighted by atomic mass is 9.95. The molecule has 0 radical (unpaired) electrons. The number of halogens is 2. The predicted octanol–water partition coefficient (Wildman–Crippen LogP) is 2.01. The molecule has 2 saturated heterocycles. The molecule has 2 fully saturated rings. The number of nitrogens with zero attached hydrogens (tertiary/aromatic N) is 6. The zero-order chi connectivity index (χ0) is 23.9. The average molecular weight is 487 g/mol. The highest BCUT2D eigenvalue weighted by atomic mass is 35.5. The highest BCUT2D eigenvalue weighted by molar-refractivity contribution is 6.32. The Morgan fingerprint density at radius 1 is 1.24 bits per heavy atom. The molecule has 1 atom stereocenters. The van der Waals surface area contributed by atoms with E-state index in [1.165, 1.54) is 0 Å². The topological polar surface area (TPSA) is 90.7 Å². The Bertz CT molecular complexity index is 1190. The summed E-state index contributed by atoms with van der Waals surface area (Å²) in [6, 6.07) is 5.58.